The third-order valence-corrected chi connectivity index (χ3v) is 5.56. The lowest BCUT2D eigenvalue weighted by atomic mass is 10.0. The fourth-order valence-electron chi connectivity index (χ4n) is 3.75. The van der Waals surface area contributed by atoms with Gasteiger partial charge < -0.3 is 10.1 Å². The van der Waals surface area contributed by atoms with Crippen molar-refractivity contribution in [1.82, 2.24) is 20.0 Å². The highest BCUT2D eigenvalue weighted by Crippen LogP contribution is 2.09. The van der Waals surface area contributed by atoms with E-state index >= 15 is 0 Å². The van der Waals surface area contributed by atoms with E-state index in [1.807, 2.05) is 48.5 Å². The number of para-hydroxylation sites is 1. The SMILES string of the molecule is CCN(CC)C(CNC(=O)c1ccc(=O)n(CCOc2ccccc2)n1)Cc1ccccc1. The Balaban J connectivity index is 1.61. The molecule has 1 atom stereocenters. The van der Waals surface area contributed by atoms with Gasteiger partial charge in [-0.3, -0.25) is 14.5 Å². The summed E-state index contributed by atoms with van der Waals surface area (Å²) in [5.41, 5.74) is 1.18. The minimum absolute atomic E-state index is 0.163. The minimum atomic E-state index is -0.294. The van der Waals surface area contributed by atoms with Crippen LogP contribution in [0.1, 0.15) is 29.9 Å². The predicted molar refractivity (Wildman–Crippen MR) is 130 cm³/mol. The van der Waals surface area contributed by atoms with Gasteiger partial charge in [-0.05, 0) is 43.3 Å². The zero-order valence-electron chi connectivity index (χ0n) is 19.3. The first-order valence-corrected chi connectivity index (χ1v) is 11.4. The van der Waals surface area contributed by atoms with E-state index in [9.17, 15) is 9.59 Å². The number of nitrogens with zero attached hydrogens (tertiary/aromatic N) is 3. The van der Waals surface area contributed by atoms with Crippen LogP contribution < -0.4 is 15.6 Å². The summed E-state index contributed by atoms with van der Waals surface area (Å²) >= 11 is 0. The van der Waals surface area contributed by atoms with E-state index in [1.54, 1.807) is 0 Å². The summed E-state index contributed by atoms with van der Waals surface area (Å²) in [4.78, 5) is 27.3. The summed E-state index contributed by atoms with van der Waals surface area (Å²) < 4.78 is 6.91. The number of rotatable bonds is 12. The van der Waals surface area contributed by atoms with E-state index in [0.29, 0.717) is 6.54 Å². The predicted octanol–water partition coefficient (Wildman–Crippen LogP) is 3.01. The van der Waals surface area contributed by atoms with E-state index in [2.05, 4.69) is 41.3 Å². The molecule has 0 radical (unpaired) electrons. The summed E-state index contributed by atoms with van der Waals surface area (Å²) in [6.45, 7) is 7.07. The second-order valence-corrected chi connectivity index (χ2v) is 7.72. The van der Waals surface area contributed by atoms with Crippen LogP contribution in [0.5, 0.6) is 5.75 Å². The average molecular weight is 449 g/mol. The monoisotopic (exact) mass is 448 g/mol. The van der Waals surface area contributed by atoms with Gasteiger partial charge in [0.2, 0.25) is 0 Å². The van der Waals surface area contributed by atoms with Gasteiger partial charge in [-0.2, -0.15) is 5.10 Å². The lowest BCUT2D eigenvalue weighted by Crippen LogP contribution is -2.45. The molecule has 1 heterocycles. The van der Waals surface area contributed by atoms with Crippen molar-refractivity contribution in [2.24, 2.45) is 0 Å². The molecule has 0 aliphatic carbocycles. The van der Waals surface area contributed by atoms with Crippen molar-refractivity contribution in [3.63, 3.8) is 0 Å². The number of likely N-dealkylation sites (N-methyl/N-ethyl adjacent to an activating group) is 1. The first kappa shape index (κ1) is 24.2. The average Bonchev–Trinajstić information content (AvgIpc) is 2.85. The van der Waals surface area contributed by atoms with Crippen LogP contribution in [0.4, 0.5) is 0 Å². The van der Waals surface area contributed by atoms with Gasteiger partial charge in [0.15, 0.2) is 0 Å². The normalized spacial score (nSPS) is 11.8. The quantitative estimate of drug-likeness (QED) is 0.461. The maximum absolute atomic E-state index is 12.8. The molecule has 0 saturated heterocycles. The summed E-state index contributed by atoms with van der Waals surface area (Å²) in [7, 11) is 0. The molecule has 174 valence electrons. The van der Waals surface area contributed by atoms with Gasteiger partial charge in [0.25, 0.3) is 11.5 Å². The number of ether oxygens (including phenoxy) is 1. The van der Waals surface area contributed by atoms with Gasteiger partial charge in [-0.25, -0.2) is 4.68 Å². The third-order valence-electron chi connectivity index (χ3n) is 5.56. The molecule has 1 unspecified atom stereocenters. The van der Waals surface area contributed by atoms with Crippen molar-refractivity contribution in [3.8, 4) is 5.75 Å². The molecular formula is C26H32N4O3. The largest absolute Gasteiger partial charge is 0.492 e. The van der Waals surface area contributed by atoms with Crippen molar-refractivity contribution in [1.29, 1.82) is 0 Å². The first-order valence-electron chi connectivity index (χ1n) is 11.4. The molecule has 7 heteroatoms. The van der Waals surface area contributed by atoms with Crippen molar-refractivity contribution < 1.29 is 9.53 Å². The van der Waals surface area contributed by atoms with Gasteiger partial charge in [0, 0.05) is 18.7 Å². The molecule has 0 aliphatic rings. The Labute approximate surface area is 195 Å². The molecule has 0 aliphatic heterocycles. The Morgan fingerprint density at radius 3 is 2.33 bits per heavy atom. The van der Waals surface area contributed by atoms with Crippen LogP contribution in [0, 0.1) is 0 Å². The van der Waals surface area contributed by atoms with Crippen molar-refractivity contribution in [2.45, 2.75) is 32.9 Å². The summed E-state index contributed by atoms with van der Waals surface area (Å²) in [6, 6.07) is 22.6. The smallest absolute Gasteiger partial charge is 0.271 e. The number of amides is 1. The highest BCUT2D eigenvalue weighted by Gasteiger charge is 2.18. The molecule has 3 rings (SSSR count). The topological polar surface area (TPSA) is 76.5 Å². The van der Waals surface area contributed by atoms with Crippen LogP contribution >= 0.6 is 0 Å². The Morgan fingerprint density at radius 2 is 1.67 bits per heavy atom. The molecule has 0 spiro atoms. The summed E-state index contributed by atoms with van der Waals surface area (Å²) in [5.74, 6) is 0.429. The van der Waals surface area contributed by atoms with Gasteiger partial charge in [-0.15, -0.1) is 0 Å². The molecule has 1 amide bonds. The second kappa shape index (κ2) is 12.6. The van der Waals surface area contributed by atoms with E-state index in [1.165, 1.54) is 22.4 Å². The van der Waals surface area contributed by atoms with Crippen LogP contribution in [-0.2, 0) is 13.0 Å². The van der Waals surface area contributed by atoms with E-state index in [-0.39, 0.29) is 36.4 Å². The van der Waals surface area contributed by atoms with Crippen molar-refractivity contribution in [3.05, 3.63) is 94.4 Å². The molecule has 0 saturated carbocycles. The Morgan fingerprint density at radius 1 is 1.00 bits per heavy atom. The van der Waals surface area contributed by atoms with Crippen LogP contribution in [0.15, 0.2) is 77.6 Å². The Kier molecular flexibility index (Phi) is 9.20. The zero-order valence-corrected chi connectivity index (χ0v) is 19.3. The van der Waals surface area contributed by atoms with Crippen LogP contribution in [0.25, 0.3) is 0 Å². The highest BCUT2D eigenvalue weighted by molar-refractivity contribution is 5.92. The fraction of sp³-hybridized carbons (Fsp3) is 0.346. The van der Waals surface area contributed by atoms with Crippen LogP contribution in [-0.4, -0.2) is 52.9 Å². The molecular weight excluding hydrogens is 416 g/mol. The number of hydrogen-bond acceptors (Lipinski definition) is 5. The number of nitrogens with one attached hydrogen (secondary N) is 1. The second-order valence-electron chi connectivity index (χ2n) is 7.72. The molecule has 33 heavy (non-hydrogen) atoms. The molecule has 7 nitrogen and oxygen atoms in total. The van der Waals surface area contributed by atoms with Gasteiger partial charge in [-0.1, -0.05) is 62.4 Å². The van der Waals surface area contributed by atoms with Crippen molar-refractivity contribution >= 4 is 5.91 Å². The number of hydrogen-bond donors (Lipinski definition) is 1. The molecule has 0 fully saturated rings. The lowest BCUT2D eigenvalue weighted by Gasteiger charge is -2.30. The maximum atomic E-state index is 12.8. The molecule has 0 bridgehead atoms. The number of aromatic nitrogens is 2. The molecule has 3 aromatic rings. The summed E-state index contributed by atoms with van der Waals surface area (Å²) in [6.07, 6.45) is 0.840. The van der Waals surface area contributed by atoms with E-state index in [0.717, 1.165) is 25.3 Å². The standard InChI is InChI=1S/C26H32N4O3/c1-3-29(4-2)22(19-21-11-7-5-8-12-21)20-27-26(32)24-15-16-25(31)30(28-24)17-18-33-23-13-9-6-10-14-23/h5-16,22H,3-4,17-20H2,1-2H3,(H,27,32). The number of carbonyl (C=O) groups is 1. The highest BCUT2D eigenvalue weighted by atomic mass is 16.5. The first-order chi connectivity index (χ1) is 16.1. The number of benzene rings is 2. The Hall–Kier alpha value is -3.45. The number of carbonyl (C=O) groups excluding carboxylic acids is 1. The van der Waals surface area contributed by atoms with Gasteiger partial charge in [0.05, 0.1) is 6.54 Å². The van der Waals surface area contributed by atoms with E-state index < -0.39 is 0 Å². The maximum Gasteiger partial charge on any atom is 0.271 e. The summed E-state index contributed by atoms with van der Waals surface area (Å²) in [5, 5.41) is 7.26. The molecule has 1 N–H and O–H groups in total. The van der Waals surface area contributed by atoms with E-state index in [4.69, 9.17) is 4.74 Å². The van der Waals surface area contributed by atoms with Crippen molar-refractivity contribution in [2.75, 3.05) is 26.2 Å². The van der Waals surface area contributed by atoms with Gasteiger partial charge in [0.1, 0.15) is 18.1 Å². The van der Waals surface area contributed by atoms with Crippen LogP contribution in [0.3, 0.4) is 0 Å². The van der Waals surface area contributed by atoms with Gasteiger partial charge >= 0.3 is 0 Å². The zero-order chi connectivity index (χ0) is 23.5. The third kappa shape index (κ3) is 7.29. The molecule has 1 aromatic heterocycles. The Bertz CT molecular complexity index is 1050. The fourth-order valence-corrected chi connectivity index (χ4v) is 3.75. The lowest BCUT2D eigenvalue weighted by molar-refractivity contribution is 0.0926. The minimum Gasteiger partial charge on any atom is -0.492 e. The van der Waals surface area contributed by atoms with Crippen LogP contribution in [0.2, 0.25) is 0 Å². The molecule has 2 aromatic carbocycles.